The summed E-state index contributed by atoms with van der Waals surface area (Å²) in [7, 11) is 4.09. The number of nitrogen functional groups attached to an aromatic ring is 1. The lowest BCUT2D eigenvalue weighted by Gasteiger charge is -2.11. The molecule has 0 saturated heterocycles. The van der Waals surface area contributed by atoms with Crippen LogP contribution in [0.4, 0.5) is 17.5 Å². The first-order valence-electron chi connectivity index (χ1n) is 6.94. The number of rotatable bonds is 6. The Bertz CT molecular complexity index is 646. The number of halogens is 2. The summed E-state index contributed by atoms with van der Waals surface area (Å²) in [5.74, 6) is 0.902. The lowest BCUT2D eigenvalue weighted by atomic mass is 10.1. The van der Waals surface area contributed by atoms with E-state index in [0.717, 1.165) is 24.9 Å². The van der Waals surface area contributed by atoms with Crippen molar-refractivity contribution in [3.05, 3.63) is 40.0 Å². The summed E-state index contributed by atoms with van der Waals surface area (Å²) in [6.45, 7) is 1.000. The summed E-state index contributed by atoms with van der Waals surface area (Å²) in [6, 6.07) is 5.17. The van der Waals surface area contributed by atoms with Crippen LogP contribution < -0.4 is 11.1 Å². The van der Waals surface area contributed by atoms with E-state index in [1.165, 1.54) is 0 Å². The standard InChI is InChI=1S/C15H19Cl2N5/c1-22(2)7-3-4-10-9-19-15(21-14(10)18)20-13-6-5-11(16)8-12(13)17/h5-6,8-9H,3-4,7H2,1-2H3,(H3,18,19,20,21). The quantitative estimate of drug-likeness (QED) is 0.841. The van der Waals surface area contributed by atoms with Crippen molar-refractivity contribution in [1.82, 2.24) is 14.9 Å². The summed E-state index contributed by atoms with van der Waals surface area (Å²) < 4.78 is 0. The van der Waals surface area contributed by atoms with Gasteiger partial charge >= 0.3 is 0 Å². The molecule has 0 saturated carbocycles. The number of aromatic nitrogens is 2. The fourth-order valence-electron chi connectivity index (χ4n) is 1.97. The maximum Gasteiger partial charge on any atom is 0.229 e. The maximum atomic E-state index is 6.11. The molecule has 118 valence electrons. The highest BCUT2D eigenvalue weighted by Gasteiger charge is 2.07. The minimum atomic E-state index is 0.415. The van der Waals surface area contributed by atoms with Crippen molar-refractivity contribution in [2.75, 3.05) is 31.7 Å². The highest BCUT2D eigenvalue weighted by molar-refractivity contribution is 6.36. The normalized spacial score (nSPS) is 11.0. The van der Waals surface area contributed by atoms with Crippen molar-refractivity contribution in [1.29, 1.82) is 0 Å². The molecule has 0 aliphatic heterocycles. The number of nitrogens with two attached hydrogens (primary N) is 1. The van der Waals surface area contributed by atoms with Gasteiger partial charge in [0.05, 0.1) is 10.7 Å². The van der Waals surface area contributed by atoms with Gasteiger partial charge in [-0.3, -0.25) is 0 Å². The molecule has 3 N–H and O–H groups in total. The van der Waals surface area contributed by atoms with Crippen LogP contribution in [0.5, 0.6) is 0 Å². The smallest absolute Gasteiger partial charge is 0.229 e. The fourth-order valence-corrected chi connectivity index (χ4v) is 2.43. The van der Waals surface area contributed by atoms with Crippen LogP contribution in [0.15, 0.2) is 24.4 Å². The molecule has 0 aliphatic rings. The lowest BCUT2D eigenvalue weighted by Crippen LogP contribution is -2.14. The average molecular weight is 340 g/mol. The Morgan fingerprint density at radius 1 is 1.27 bits per heavy atom. The van der Waals surface area contributed by atoms with Gasteiger partial charge in [0.2, 0.25) is 5.95 Å². The topological polar surface area (TPSA) is 67.1 Å². The molecule has 1 aromatic carbocycles. The van der Waals surface area contributed by atoms with Gasteiger partial charge in [-0.25, -0.2) is 4.98 Å². The van der Waals surface area contributed by atoms with E-state index in [2.05, 4.69) is 20.2 Å². The Morgan fingerprint density at radius 3 is 2.68 bits per heavy atom. The molecule has 2 aromatic rings. The van der Waals surface area contributed by atoms with Gasteiger partial charge < -0.3 is 16.0 Å². The van der Waals surface area contributed by atoms with Crippen LogP contribution in [0.2, 0.25) is 10.0 Å². The summed E-state index contributed by atoms with van der Waals surface area (Å²) in [5.41, 5.74) is 7.63. The Balaban J connectivity index is 2.05. The van der Waals surface area contributed by atoms with E-state index in [1.54, 1.807) is 24.4 Å². The first-order valence-corrected chi connectivity index (χ1v) is 7.69. The van der Waals surface area contributed by atoms with Crippen molar-refractivity contribution in [3.8, 4) is 0 Å². The van der Waals surface area contributed by atoms with Gasteiger partial charge in [-0.2, -0.15) is 4.98 Å². The second-order valence-corrected chi connectivity index (χ2v) is 6.10. The van der Waals surface area contributed by atoms with Gasteiger partial charge in [0, 0.05) is 16.8 Å². The van der Waals surface area contributed by atoms with Gasteiger partial charge in [-0.1, -0.05) is 23.2 Å². The number of benzene rings is 1. The maximum absolute atomic E-state index is 6.11. The zero-order valence-electron chi connectivity index (χ0n) is 12.6. The molecular weight excluding hydrogens is 321 g/mol. The molecule has 0 amide bonds. The van der Waals surface area contributed by atoms with Crippen LogP contribution in [0.25, 0.3) is 0 Å². The molecule has 2 rings (SSSR count). The van der Waals surface area contributed by atoms with Gasteiger partial charge in [0.15, 0.2) is 0 Å². The molecule has 0 radical (unpaired) electrons. The third-order valence-corrected chi connectivity index (χ3v) is 3.67. The molecule has 1 aromatic heterocycles. The molecule has 0 spiro atoms. The molecule has 22 heavy (non-hydrogen) atoms. The van der Waals surface area contributed by atoms with E-state index in [4.69, 9.17) is 28.9 Å². The summed E-state index contributed by atoms with van der Waals surface area (Å²) in [6.07, 6.45) is 3.62. The van der Waals surface area contributed by atoms with Gasteiger partial charge in [0.1, 0.15) is 5.82 Å². The number of nitrogens with one attached hydrogen (secondary N) is 1. The fraction of sp³-hybridized carbons (Fsp3) is 0.333. The average Bonchev–Trinajstić information content (AvgIpc) is 2.44. The van der Waals surface area contributed by atoms with Gasteiger partial charge in [0.25, 0.3) is 0 Å². The van der Waals surface area contributed by atoms with E-state index >= 15 is 0 Å². The van der Waals surface area contributed by atoms with Crippen molar-refractivity contribution >= 4 is 40.7 Å². The number of aryl methyl sites for hydroxylation is 1. The zero-order valence-corrected chi connectivity index (χ0v) is 14.1. The van der Waals surface area contributed by atoms with Gasteiger partial charge in [-0.05, 0) is 51.7 Å². The first kappa shape index (κ1) is 16.8. The molecule has 0 bridgehead atoms. The largest absolute Gasteiger partial charge is 0.383 e. The Kier molecular flexibility index (Phi) is 5.83. The van der Waals surface area contributed by atoms with Crippen LogP contribution in [-0.4, -0.2) is 35.5 Å². The predicted molar refractivity (Wildman–Crippen MR) is 93.1 cm³/mol. The predicted octanol–water partition coefficient (Wildman–Crippen LogP) is 3.60. The summed E-state index contributed by atoms with van der Waals surface area (Å²) >= 11 is 12.0. The lowest BCUT2D eigenvalue weighted by molar-refractivity contribution is 0.400. The molecule has 5 nitrogen and oxygen atoms in total. The SMILES string of the molecule is CN(C)CCCc1cnc(Nc2ccc(Cl)cc2Cl)nc1N. The second-order valence-electron chi connectivity index (χ2n) is 5.26. The highest BCUT2D eigenvalue weighted by Crippen LogP contribution is 2.27. The van der Waals surface area contributed by atoms with E-state index in [9.17, 15) is 0 Å². The van der Waals surface area contributed by atoms with Crippen molar-refractivity contribution in [3.63, 3.8) is 0 Å². The van der Waals surface area contributed by atoms with Gasteiger partial charge in [-0.15, -0.1) is 0 Å². The molecule has 7 heteroatoms. The van der Waals surface area contributed by atoms with Crippen molar-refractivity contribution in [2.24, 2.45) is 0 Å². The summed E-state index contributed by atoms with van der Waals surface area (Å²) in [5, 5.41) is 4.12. The number of anilines is 3. The number of hydrogen-bond acceptors (Lipinski definition) is 5. The number of nitrogens with zero attached hydrogens (tertiary/aromatic N) is 3. The van der Waals surface area contributed by atoms with Crippen LogP contribution in [0.3, 0.4) is 0 Å². The molecular formula is C15H19Cl2N5. The van der Waals surface area contributed by atoms with Crippen LogP contribution in [0, 0.1) is 0 Å². The minimum Gasteiger partial charge on any atom is -0.383 e. The molecule has 0 unspecified atom stereocenters. The van der Waals surface area contributed by atoms with Crippen LogP contribution in [0.1, 0.15) is 12.0 Å². The minimum absolute atomic E-state index is 0.415. The number of hydrogen-bond donors (Lipinski definition) is 2. The second kappa shape index (κ2) is 7.63. The monoisotopic (exact) mass is 339 g/mol. The Morgan fingerprint density at radius 2 is 2.05 bits per heavy atom. The first-order chi connectivity index (χ1) is 10.5. The molecule has 0 fully saturated rings. The van der Waals surface area contributed by atoms with E-state index in [-0.39, 0.29) is 0 Å². The molecule has 0 atom stereocenters. The Labute approximate surface area is 140 Å². The zero-order chi connectivity index (χ0) is 16.1. The molecule has 1 heterocycles. The third-order valence-electron chi connectivity index (χ3n) is 3.13. The summed E-state index contributed by atoms with van der Waals surface area (Å²) in [4.78, 5) is 10.7. The molecule has 0 aliphatic carbocycles. The third kappa shape index (κ3) is 4.73. The van der Waals surface area contributed by atoms with Crippen LogP contribution >= 0.6 is 23.2 Å². The van der Waals surface area contributed by atoms with E-state index < -0.39 is 0 Å². The van der Waals surface area contributed by atoms with E-state index in [0.29, 0.717) is 27.5 Å². The van der Waals surface area contributed by atoms with E-state index in [1.807, 2.05) is 14.1 Å². The van der Waals surface area contributed by atoms with Crippen molar-refractivity contribution < 1.29 is 0 Å². The Hall–Kier alpha value is -1.56. The van der Waals surface area contributed by atoms with Crippen molar-refractivity contribution in [2.45, 2.75) is 12.8 Å². The van der Waals surface area contributed by atoms with Crippen LogP contribution in [-0.2, 0) is 6.42 Å². The highest BCUT2D eigenvalue weighted by atomic mass is 35.5.